The molecule has 2 unspecified atom stereocenters. The number of hydrogen-bond donors (Lipinski definition) is 0. The van der Waals surface area contributed by atoms with E-state index in [1.165, 1.54) is 37.9 Å². The van der Waals surface area contributed by atoms with E-state index in [1.54, 1.807) is 5.57 Å². The molecule has 1 fully saturated rings. The van der Waals surface area contributed by atoms with Gasteiger partial charge in [-0.15, -0.1) is 0 Å². The molecule has 1 heteroatoms. The smallest absolute Gasteiger partial charge is 0.00415 e. The summed E-state index contributed by atoms with van der Waals surface area (Å²) in [5.41, 5.74) is 1.70. The SMILES string of the molecule is CSCC(C)C/C(=C\C(C)CC1CCC1)C(C)C. The first-order valence-corrected chi connectivity index (χ1v) is 9.11. The van der Waals surface area contributed by atoms with Crippen LogP contribution in [0.4, 0.5) is 0 Å². The van der Waals surface area contributed by atoms with Crippen LogP contribution in [-0.4, -0.2) is 12.0 Å². The van der Waals surface area contributed by atoms with Crippen molar-refractivity contribution in [1.29, 1.82) is 0 Å². The lowest BCUT2D eigenvalue weighted by molar-refractivity contribution is 0.272. The summed E-state index contributed by atoms with van der Waals surface area (Å²) in [6, 6.07) is 0. The molecule has 1 aliphatic carbocycles. The Morgan fingerprint density at radius 3 is 2.33 bits per heavy atom. The maximum absolute atomic E-state index is 2.60. The number of thioether (sulfide) groups is 1. The molecule has 0 heterocycles. The quantitative estimate of drug-likeness (QED) is 0.502. The Hall–Kier alpha value is 0.0900. The third kappa shape index (κ3) is 5.82. The largest absolute Gasteiger partial charge is 0.165 e. The minimum Gasteiger partial charge on any atom is -0.165 e. The van der Waals surface area contributed by atoms with Crippen LogP contribution < -0.4 is 0 Å². The standard InChI is InChI=1S/C17H32S/c1-13(2)17(11-15(4)12-18-5)10-14(3)9-16-7-6-8-16/h10,13-16H,6-9,11-12H2,1-5H3/b17-10+. The van der Waals surface area contributed by atoms with E-state index in [-0.39, 0.29) is 0 Å². The van der Waals surface area contributed by atoms with Crippen molar-refractivity contribution in [2.24, 2.45) is 23.7 Å². The highest BCUT2D eigenvalue weighted by molar-refractivity contribution is 7.98. The second kappa shape index (κ2) is 8.30. The molecule has 0 aromatic heterocycles. The summed E-state index contributed by atoms with van der Waals surface area (Å²) < 4.78 is 0. The molecule has 0 nitrogen and oxygen atoms in total. The van der Waals surface area contributed by atoms with Gasteiger partial charge >= 0.3 is 0 Å². The molecule has 0 saturated heterocycles. The Kier molecular flexibility index (Phi) is 7.44. The Morgan fingerprint density at radius 2 is 1.89 bits per heavy atom. The third-order valence-electron chi connectivity index (χ3n) is 4.21. The summed E-state index contributed by atoms with van der Waals surface area (Å²) in [4.78, 5) is 0. The van der Waals surface area contributed by atoms with Crippen LogP contribution in [0.2, 0.25) is 0 Å². The molecular formula is C17H32S. The lowest BCUT2D eigenvalue weighted by Gasteiger charge is -2.28. The molecule has 0 aliphatic heterocycles. The van der Waals surface area contributed by atoms with E-state index in [9.17, 15) is 0 Å². The van der Waals surface area contributed by atoms with Crippen LogP contribution in [0, 0.1) is 23.7 Å². The molecule has 2 atom stereocenters. The van der Waals surface area contributed by atoms with Gasteiger partial charge in [-0.25, -0.2) is 0 Å². The summed E-state index contributed by atoms with van der Waals surface area (Å²) >= 11 is 1.98. The van der Waals surface area contributed by atoms with Gasteiger partial charge in [0.1, 0.15) is 0 Å². The average Bonchev–Trinajstić information content (AvgIpc) is 2.23. The normalized spacial score (nSPS) is 20.9. The maximum atomic E-state index is 2.60. The lowest BCUT2D eigenvalue weighted by Crippen LogP contribution is -2.14. The van der Waals surface area contributed by atoms with E-state index in [4.69, 9.17) is 0 Å². The second-order valence-electron chi connectivity index (χ2n) is 6.67. The molecule has 0 aromatic rings. The molecule has 0 radical (unpaired) electrons. The molecule has 1 aliphatic rings. The molecule has 0 N–H and O–H groups in total. The average molecular weight is 269 g/mol. The van der Waals surface area contributed by atoms with Gasteiger partial charge in [-0.05, 0) is 48.5 Å². The minimum absolute atomic E-state index is 0.721. The van der Waals surface area contributed by atoms with Crippen molar-refractivity contribution in [3.8, 4) is 0 Å². The van der Waals surface area contributed by atoms with Crippen LogP contribution in [0.3, 0.4) is 0 Å². The van der Waals surface area contributed by atoms with Gasteiger partial charge in [-0.1, -0.05) is 58.6 Å². The predicted molar refractivity (Wildman–Crippen MR) is 86.2 cm³/mol. The van der Waals surface area contributed by atoms with Crippen molar-refractivity contribution in [3.05, 3.63) is 11.6 Å². The Morgan fingerprint density at radius 1 is 1.22 bits per heavy atom. The van der Waals surface area contributed by atoms with E-state index in [0.717, 1.165) is 23.7 Å². The zero-order valence-corrected chi connectivity index (χ0v) is 13.9. The maximum Gasteiger partial charge on any atom is -0.00415 e. The van der Waals surface area contributed by atoms with E-state index in [1.807, 2.05) is 11.8 Å². The molecular weight excluding hydrogens is 236 g/mol. The van der Waals surface area contributed by atoms with Crippen molar-refractivity contribution < 1.29 is 0 Å². The summed E-state index contributed by atoms with van der Waals surface area (Å²) in [6.45, 7) is 9.52. The fraction of sp³-hybridized carbons (Fsp3) is 0.882. The lowest BCUT2D eigenvalue weighted by atomic mass is 9.78. The molecule has 0 bridgehead atoms. The highest BCUT2D eigenvalue weighted by Gasteiger charge is 2.19. The van der Waals surface area contributed by atoms with Crippen LogP contribution in [-0.2, 0) is 0 Å². The van der Waals surface area contributed by atoms with Crippen LogP contribution in [0.1, 0.15) is 59.8 Å². The van der Waals surface area contributed by atoms with Gasteiger partial charge in [0, 0.05) is 0 Å². The van der Waals surface area contributed by atoms with Crippen LogP contribution in [0.15, 0.2) is 11.6 Å². The van der Waals surface area contributed by atoms with E-state index >= 15 is 0 Å². The molecule has 0 spiro atoms. The van der Waals surface area contributed by atoms with Gasteiger partial charge in [-0.2, -0.15) is 11.8 Å². The third-order valence-corrected chi connectivity index (χ3v) is 5.11. The monoisotopic (exact) mass is 268 g/mol. The van der Waals surface area contributed by atoms with Crippen molar-refractivity contribution in [2.75, 3.05) is 12.0 Å². The molecule has 0 amide bonds. The van der Waals surface area contributed by atoms with Crippen molar-refractivity contribution in [2.45, 2.75) is 59.8 Å². The van der Waals surface area contributed by atoms with Gasteiger partial charge in [0.15, 0.2) is 0 Å². The van der Waals surface area contributed by atoms with Gasteiger partial charge in [0.25, 0.3) is 0 Å². The van der Waals surface area contributed by atoms with Crippen molar-refractivity contribution in [3.63, 3.8) is 0 Å². The Labute approximate surface area is 119 Å². The van der Waals surface area contributed by atoms with Gasteiger partial charge in [0.05, 0.1) is 0 Å². The second-order valence-corrected chi connectivity index (χ2v) is 7.58. The molecule has 1 rings (SSSR count). The van der Waals surface area contributed by atoms with Crippen LogP contribution >= 0.6 is 11.8 Å². The number of hydrogen-bond acceptors (Lipinski definition) is 1. The molecule has 1 saturated carbocycles. The predicted octanol–water partition coefficient (Wildman–Crippen LogP) is 5.78. The Balaban J connectivity index is 2.47. The fourth-order valence-electron chi connectivity index (χ4n) is 2.93. The zero-order valence-electron chi connectivity index (χ0n) is 13.0. The van der Waals surface area contributed by atoms with E-state index in [0.29, 0.717) is 0 Å². The van der Waals surface area contributed by atoms with Gasteiger partial charge in [0.2, 0.25) is 0 Å². The molecule has 18 heavy (non-hydrogen) atoms. The highest BCUT2D eigenvalue weighted by atomic mass is 32.2. The zero-order chi connectivity index (χ0) is 13.5. The first-order valence-electron chi connectivity index (χ1n) is 7.72. The van der Waals surface area contributed by atoms with E-state index < -0.39 is 0 Å². The summed E-state index contributed by atoms with van der Waals surface area (Å²) in [5.74, 6) is 4.66. The fourth-order valence-corrected chi connectivity index (χ4v) is 3.62. The first-order chi connectivity index (χ1) is 8.52. The van der Waals surface area contributed by atoms with Crippen molar-refractivity contribution in [1.82, 2.24) is 0 Å². The molecule has 106 valence electrons. The van der Waals surface area contributed by atoms with Gasteiger partial charge < -0.3 is 0 Å². The molecule has 0 aromatic carbocycles. The van der Waals surface area contributed by atoms with E-state index in [2.05, 4.69) is 40.0 Å². The number of allylic oxidation sites excluding steroid dienone is 2. The summed E-state index contributed by atoms with van der Waals surface area (Å²) in [6.07, 6.45) is 12.0. The number of rotatable bonds is 8. The topological polar surface area (TPSA) is 0 Å². The highest BCUT2D eigenvalue weighted by Crippen LogP contribution is 2.33. The first kappa shape index (κ1) is 16.1. The van der Waals surface area contributed by atoms with Crippen molar-refractivity contribution >= 4 is 11.8 Å². The van der Waals surface area contributed by atoms with Gasteiger partial charge in [-0.3, -0.25) is 0 Å². The van der Waals surface area contributed by atoms with Crippen LogP contribution in [0.25, 0.3) is 0 Å². The Bertz CT molecular complexity index is 250. The summed E-state index contributed by atoms with van der Waals surface area (Å²) in [5, 5.41) is 0. The minimum atomic E-state index is 0.721. The summed E-state index contributed by atoms with van der Waals surface area (Å²) in [7, 11) is 0. The van der Waals surface area contributed by atoms with Crippen LogP contribution in [0.5, 0.6) is 0 Å².